The lowest BCUT2D eigenvalue weighted by Crippen LogP contribution is -2.33. The number of carbonyl (C=O) groups excluding carboxylic acids is 2. The minimum absolute atomic E-state index is 0.0540. The molecule has 14 heteroatoms. The number of rotatable bonds is 17. The monoisotopic (exact) mass is 756 g/mol. The van der Waals surface area contributed by atoms with E-state index >= 15 is 0 Å². The van der Waals surface area contributed by atoms with E-state index in [0.717, 1.165) is 60.2 Å². The van der Waals surface area contributed by atoms with Crippen LogP contribution in [0.5, 0.6) is 34.5 Å². The highest BCUT2D eigenvalue weighted by Gasteiger charge is 2.22. The molecule has 0 saturated carbocycles. The molecule has 0 bridgehead atoms. The molecule has 0 N–H and O–H groups in total. The van der Waals surface area contributed by atoms with Crippen LogP contribution >= 0.6 is 22.7 Å². The van der Waals surface area contributed by atoms with E-state index in [-0.39, 0.29) is 24.1 Å². The summed E-state index contributed by atoms with van der Waals surface area (Å²) >= 11 is 3.14. The molecule has 0 fully saturated rings. The number of thiophene rings is 2. The molecule has 52 heavy (non-hydrogen) atoms. The number of hydrogen-bond acceptors (Lipinski definition) is 14. The highest BCUT2D eigenvalue weighted by atomic mass is 32.1. The first-order valence-electron chi connectivity index (χ1n) is 17.0. The van der Waals surface area contributed by atoms with Crippen LogP contribution in [0.2, 0.25) is 0 Å². The quantitative estimate of drug-likeness (QED) is 0.0806. The third kappa shape index (κ3) is 12.3. The molecule has 280 valence electrons. The number of ether oxygens (including phenoxy) is 10. The summed E-state index contributed by atoms with van der Waals surface area (Å²) in [7, 11) is 2.73. The molecule has 0 radical (unpaired) electrons. The van der Waals surface area contributed by atoms with Crippen LogP contribution in [0.15, 0.2) is 70.1 Å². The zero-order valence-corrected chi connectivity index (χ0v) is 30.9. The summed E-state index contributed by atoms with van der Waals surface area (Å²) in [6.07, 6.45) is 3.44. The lowest BCUT2D eigenvalue weighted by atomic mass is 10.2. The van der Waals surface area contributed by atoms with Crippen LogP contribution in [0.25, 0.3) is 0 Å². The molecule has 0 spiro atoms. The summed E-state index contributed by atoms with van der Waals surface area (Å²) in [5.74, 6) is 3.99. The maximum absolute atomic E-state index is 11.4. The number of fused-ring (bicyclic) bond motifs is 2. The molecular weight excluding hydrogens is 713 g/mol. The number of benzene rings is 2. The molecule has 2 aromatic heterocycles. The lowest BCUT2D eigenvalue weighted by Gasteiger charge is -2.24. The van der Waals surface area contributed by atoms with Crippen LogP contribution in [0.4, 0.5) is 0 Å². The van der Waals surface area contributed by atoms with E-state index in [1.165, 1.54) is 14.2 Å². The van der Waals surface area contributed by atoms with E-state index in [2.05, 4.69) is 9.47 Å². The largest absolute Gasteiger partial charge is 0.494 e. The van der Waals surface area contributed by atoms with Crippen molar-refractivity contribution in [3.8, 4) is 34.5 Å². The average Bonchev–Trinajstić information content (AvgIpc) is 3.81. The van der Waals surface area contributed by atoms with Crippen molar-refractivity contribution in [3.05, 3.63) is 81.2 Å². The number of unbranched alkanes of at least 4 members (excludes halogenated alkanes) is 2. The van der Waals surface area contributed by atoms with E-state index in [1.807, 2.05) is 21.5 Å². The zero-order chi connectivity index (χ0) is 36.4. The summed E-state index contributed by atoms with van der Waals surface area (Å²) in [6, 6.07) is 13.8. The molecule has 4 heterocycles. The zero-order valence-electron chi connectivity index (χ0n) is 29.3. The molecule has 0 saturated heterocycles. The van der Waals surface area contributed by atoms with Crippen molar-refractivity contribution in [2.75, 3.05) is 67.1 Å². The van der Waals surface area contributed by atoms with Gasteiger partial charge in [0.2, 0.25) is 0 Å². The fourth-order valence-corrected chi connectivity index (χ4v) is 6.26. The van der Waals surface area contributed by atoms with Crippen LogP contribution in [0.3, 0.4) is 0 Å². The van der Waals surface area contributed by atoms with Gasteiger partial charge in [0.25, 0.3) is 0 Å². The van der Waals surface area contributed by atoms with Gasteiger partial charge in [-0.3, -0.25) is 0 Å². The predicted molar refractivity (Wildman–Crippen MR) is 195 cm³/mol. The molecule has 0 amide bonds. The van der Waals surface area contributed by atoms with Gasteiger partial charge in [-0.25, -0.2) is 9.59 Å². The van der Waals surface area contributed by atoms with Gasteiger partial charge in [0, 0.05) is 34.7 Å². The lowest BCUT2D eigenvalue weighted by molar-refractivity contribution is 0.000398. The summed E-state index contributed by atoms with van der Waals surface area (Å²) < 4.78 is 54.9. The third-order valence-electron chi connectivity index (χ3n) is 7.72. The highest BCUT2D eigenvalue weighted by molar-refractivity contribution is 7.08. The van der Waals surface area contributed by atoms with Crippen LogP contribution in [0.1, 0.15) is 46.4 Å². The summed E-state index contributed by atoms with van der Waals surface area (Å²) in [6.45, 7) is 4.53. The molecule has 2 aliphatic rings. The summed E-state index contributed by atoms with van der Waals surface area (Å²) in [4.78, 5) is 22.7. The Morgan fingerprint density at radius 2 is 1.08 bits per heavy atom. The molecule has 1 unspecified atom stereocenters. The van der Waals surface area contributed by atoms with Gasteiger partial charge < -0.3 is 47.4 Å². The average molecular weight is 757 g/mol. The second-order valence-electron chi connectivity index (χ2n) is 11.6. The van der Waals surface area contributed by atoms with Crippen molar-refractivity contribution in [1.82, 2.24) is 0 Å². The van der Waals surface area contributed by atoms with Crippen molar-refractivity contribution >= 4 is 34.6 Å². The number of methoxy groups -OCH3 is 2. The van der Waals surface area contributed by atoms with E-state index in [1.54, 1.807) is 71.2 Å². The topological polar surface area (TPSA) is 126 Å². The van der Waals surface area contributed by atoms with Gasteiger partial charge in [-0.05, 0) is 74.2 Å². The molecule has 0 aliphatic carbocycles. The van der Waals surface area contributed by atoms with Gasteiger partial charge >= 0.3 is 11.9 Å². The van der Waals surface area contributed by atoms with Crippen molar-refractivity contribution < 1.29 is 57.0 Å². The number of hydrogen-bond donors (Lipinski definition) is 0. The Balaban J connectivity index is 0.000000201. The molecule has 6 rings (SSSR count). The van der Waals surface area contributed by atoms with Gasteiger partial charge in [0.15, 0.2) is 29.1 Å². The second kappa shape index (κ2) is 21.1. The molecule has 1 atom stereocenters. The van der Waals surface area contributed by atoms with Crippen LogP contribution < -0.4 is 28.4 Å². The normalized spacial score (nSPS) is 14.7. The predicted octanol–water partition coefficient (Wildman–Crippen LogP) is 7.10. The van der Waals surface area contributed by atoms with Crippen molar-refractivity contribution in [2.24, 2.45) is 0 Å². The Bertz CT molecular complexity index is 1610. The Kier molecular flexibility index (Phi) is 15.7. The highest BCUT2D eigenvalue weighted by Crippen LogP contribution is 2.35. The van der Waals surface area contributed by atoms with Crippen LogP contribution in [-0.4, -0.2) is 91.2 Å². The number of carbonyl (C=O) groups is 2. The first-order valence-corrected chi connectivity index (χ1v) is 18.9. The summed E-state index contributed by atoms with van der Waals surface area (Å²) in [5, 5.41) is 7.76. The van der Waals surface area contributed by atoms with Crippen molar-refractivity contribution in [3.63, 3.8) is 0 Å². The fourth-order valence-electron chi connectivity index (χ4n) is 4.90. The maximum Gasteiger partial charge on any atom is 0.337 e. The Morgan fingerprint density at radius 3 is 1.62 bits per heavy atom. The molecule has 2 aromatic carbocycles. The van der Waals surface area contributed by atoms with Crippen LogP contribution in [0, 0.1) is 0 Å². The van der Waals surface area contributed by atoms with Gasteiger partial charge in [-0.1, -0.05) is 0 Å². The fraction of sp³-hybridized carbons (Fsp3) is 0.421. The van der Waals surface area contributed by atoms with Crippen molar-refractivity contribution in [2.45, 2.75) is 37.9 Å². The standard InChI is InChI=1S/2C19H22O6S/c1-21-19(20)14-4-6-15(7-5-14)22-8-2-3-9-23-16-10-24-17-12-26-13-18(17)25-11-16;1-21-19(20)14-4-6-15(7-5-14)23-9-3-2-8-22-10-16-11-24-17-12-26-13-18(17)25-16/h2*4-7,12-13,16H,2-3,8-11H2,1H3. The van der Waals surface area contributed by atoms with E-state index in [9.17, 15) is 9.59 Å². The molecule has 4 aromatic rings. The molecule has 12 nitrogen and oxygen atoms in total. The van der Waals surface area contributed by atoms with E-state index in [4.69, 9.17) is 37.9 Å². The van der Waals surface area contributed by atoms with E-state index < -0.39 is 0 Å². The van der Waals surface area contributed by atoms with Gasteiger partial charge in [0.05, 0.1) is 45.2 Å². The van der Waals surface area contributed by atoms with Gasteiger partial charge in [-0.15, -0.1) is 22.7 Å². The number of esters is 2. The minimum atomic E-state index is -0.352. The second-order valence-corrected chi connectivity index (χ2v) is 13.1. The first-order chi connectivity index (χ1) is 25.5. The maximum atomic E-state index is 11.4. The van der Waals surface area contributed by atoms with Crippen molar-refractivity contribution in [1.29, 1.82) is 0 Å². The SMILES string of the molecule is COC(=O)c1ccc(OCCCCOC2COc3cscc3OC2)cc1.COC(=O)c1ccc(OCCCCOCC2COc3cscc3O2)cc1. The summed E-state index contributed by atoms with van der Waals surface area (Å²) in [5.41, 5.74) is 1.02. The van der Waals surface area contributed by atoms with Crippen LogP contribution in [-0.2, 0) is 18.9 Å². The minimum Gasteiger partial charge on any atom is -0.494 e. The van der Waals surface area contributed by atoms with Gasteiger partial charge in [0.1, 0.15) is 37.4 Å². The van der Waals surface area contributed by atoms with Gasteiger partial charge in [-0.2, -0.15) is 0 Å². The Hall–Kier alpha value is -4.50. The smallest absolute Gasteiger partial charge is 0.337 e. The Morgan fingerprint density at radius 1 is 0.615 bits per heavy atom. The molecule has 2 aliphatic heterocycles. The third-order valence-corrected chi connectivity index (χ3v) is 9.12. The van der Waals surface area contributed by atoms with E-state index in [0.29, 0.717) is 64.0 Å². The Labute approximate surface area is 311 Å². The first kappa shape index (κ1) is 38.7. The molecular formula is C38H44O12S2.